The Bertz CT molecular complexity index is 1320. The highest BCUT2D eigenvalue weighted by molar-refractivity contribution is 9.10. The van der Waals surface area contributed by atoms with Crippen LogP contribution in [0.25, 0.3) is 33.1 Å². The number of aromatic nitrogens is 5. The summed E-state index contributed by atoms with van der Waals surface area (Å²) in [6, 6.07) is 7.44. The Morgan fingerprint density at radius 1 is 1.07 bits per heavy atom. The molecule has 0 aliphatic carbocycles. The lowest BCUT2D eigenvalue weighted by Gasteiger charge is -2.02. The van der Waals surface area contributed by atoms with Crippen LogP contribution in [0.2, 0.25) is 0 Å². The normalized spacial score (nSPS) is 14.6. The van der Waals surface area contributed by atoms with E-state index >= 15 is 0 Å². The van der Waals surface area contributed by atoms with Gasteiger partial charge in [0.2, 0.25) is 0 Å². The number of carbonyl (C=O) groups excluding carboxylic acids is 2. The van der Waals surface area contributed by atoms with E-state index in [9.17, 15) is 9.59 Å². The van der Waals surface area contributed by atoms with E-state index in [2.05, 4.69) is 41.5 Å². The van der Waals surface area contributed by atoms with Crippen molar-refractivity contribution in [2.45, 2.75) is 0 Å². The van der Waals surface area contributed by atoms with E-state index in [1.165, 1.54) is 6.20 Å². The molecule has 2 N–H and O–H groups in total. The smallest absolute Gasteiger partial charge is 0.261 e. The van der Waals surface area contributed by atoms with Crippen LogP contribution in [0, 0.1) is 0 Å². The number of halogens is 1. The zero-order chi connectivity index (χ0) is 18.7. The molecule has 4 aromatic rings. The van der Waals surface area contributed by atoms with Crippen LogP contribution in [0.5, 0.6) is 0 Å². The molecule has 8 nitrogen and oxygen atoms in total. The van der Waals surface area contributed by atoms with E-state index in [1.54, 1.807) is 24.0 Å². The Kier molecular flexibility index (Phi) is 3.28. The van der Waals surface area contributed by atoms with Crippen molar-refractivity contribution in [3.8, 4) is 0 Å². The molecule has 27 heavy (non-hydrogen) atoms. The standard InChI is InChI=1S/C18H11BrN6O2/c1-25-16-10(4-5-21-23-16)15(24-25)14-13(17(26)22-18(14)27)11-7-20-12-6-8(19)2-3-9(11)12/h2-7,20H,1H3,(H,22,26,27). The minimum absolute atomic E-state index is 0.238. The number of H-pyrrole nitrogens is 1. The highest BCUT2D eigenvalue weighted by atomic mass is 79.9. The van der Waals surface area contributed by atoms with Crippen LogP contribution >= 0.6 is 15.9 Å². The van der Waals surface area contributed by atoms with Gasteiger partial charge in [0.15, 0.2) is 5.65 Å². The monoisotopic (exact) mass is 422 g/mol. The summed E-state index contributed by atoms with van der Waals surface area (Å²) < 4.78 is 2.46. The van der Waals surface area contributed by atoms with Gasteiger partial charge in [0, 0.05) is 34.2 Å². The van der Waals surface area contributed by atoms with Gasteiger partial charge in [-0.05, 0) is 18.2 Å². The zero-order valence-electron chi connectivity index (χ0n) is 13.9. The first kappa shape index (κ1) is 15.9. The quantitative estimate of drug-likeness (QED) is 0.481. The third kappa shape index (κ3) is 2.25. The largest absolute Gasteiger partial charge is 0.361 e. The number of hydrogen-bond donors (Lipinski definition) is 2. The third-order valence-electron chi connectivity index (χ3n) is 4.59. The molecule has 132 valence electrons. The summed E-state index contributed by atoms with van der Waals surface area (Å²) in [5, 5.41) is 16.3. The average molecular weight is 423 g/mol. The molecule has 4 heterocycles. The lowest BCUT2D eigenvalue weighted by atomic mass is 9.98. The number of fused-ring (bicyclic) bond motifs is 2. The number of nitrogens with one attached hydrogen (secondary N) is 2. The van der Waals surface area contributed by atoms with E-state index in [0.717, 1.165) is 15.4 Å². The van der Waals surface area contributed by atoms with Gasteiger partial charge < -0.3 is 4.98 Å². The molecule has 0 fully saturated rings. The molecule has 0 unspecified atom stereocenters. The molecule has 0 saturated heterocycles. The van der Waals surface area contributed by atoms with E-state index in [1.807, 2.05) is 18.2 Å². The topological polar surface area (TPSA) is 106 Å². The highest BCUT2D eigenvalue weighted by Crippen LogP contribution is 2.36. The number of aromatic amines is 1. The molecule has 0 saturated carbocycles. The second-order valence-electron chi connectivity index (χ2n) is 6.17. The average Bonchev–Trinajstić information content (AvgIpc) is 3.28. The van der Waals surface area contributed by atoms with Crippen molar-refractivity contribution in [1.29, 1.82) is 0 Å². The Hall–Kier alpha value is -3.33. The predicted octanol–water partition coefficient (Wildman–Crippen LogP) is 2.17. The van der Waals surface area contributed by atoms with Gasteiger partial charge in [0.05, 0.1) is 22.7 Å². The number of aryl methyl sites for hydroxylation is 1. The van der Waals surface area contributed by atoms with E-state index < -0.39 is 11.8 Å². The van der Waals surface area contributed by atoms with Gasteiger partial charge >= 0.3 is 0 Å². The molecular weight excluding hydrogens is 412 g/mol. The van der Waals surface area contributed by atoms with E-state index in [-0.39, 0.29) is 5.57 Å². The molecule has 1 aliphatic heterocycles. The number of nitrogens with zero attached hydrogens (tertiary/aromatic N) is 4. The van der Waals surface area contributed by atoms with Crippen molar-refractivity contribution >= 4 is 60.8 Å². The van der Waals surface area contributed by atoms with Crippen molar-refractivity contribution in [3.63, 3.8) is 0 Å². The van der Waals surface area contributed by atoms with Gasteiger partial charge in [-0.3, -0.25) is 14.9 Å². The Morgan fingerprint density at radius 3 is 2.74 bits per heavy atom. The fourth-order valence-electron chi connectivity index (χ4n) is 3.43. The summed E-state index contributed by atoms with van der Waals surface area (Å²) >= 11 is 3.43. The van der Waals surface area contributed by atoms with Gasteiger partial charge in [0.1, 0.15) is 5.69 Å². The van der Waals surface area contributed by atoms with E-state index in [0.29, 0.717) is 27.9 Å². The summed E-state index contributed by atoms with van der Waals surface area (Å²) in [5.74, 6) is -0.919. The summed E-state index contributed by atoms with van der Waals surface area (Å²) in [7, 11) is 1.72. The maximum atomic E-state index is 12.6. The summed E-state index contributed by atoms with van der Waals surface area (Å²) in [6.07, 6.45) is 3.27. The van der Waals surface area contributed by atoms with Crippen molar-refractivity contribution in [2.75, 3.05) is 0 Å². The van der Waals surface area contributed by atoms with Gasteiger partial charge in [0.25, 0.3) is 11.8 Å². The molecule has 5 rings (SSSR count). The molecular formula is C18H11BrN6O2. The van der Waals surface area contributed by atoms with Crippen molar-refractivity contribution in [2.24, 2.45) is 7.05 Å². The first-order valence-electron chi connectivity index (χ1n) is 8.06. The van der Waals surface area contributed by atoms with Gasteiger partial charge in [-0.1, -0.05) is 22.0 Å². The third-order valence-corrected chi connectivity index (χ3v) is 5.09. The number of carbonyl (C=O) groups is 2. The Balaban J connectivity index is 1.85. The fraction of sp³-hybridized carbons (Fsp3) is 0.0556. The van der Waals surface area contributed by atoms with Crippen molar-refractivity contribution in [3.05, 3.63) is 52.4 Å². The Morgan fingerprint density at radius 2 is 1.89 bits per heavy atom. The molecule has 9 heteroatoms. The van der Waals surface area contributed by atoms with Gasteiger partial charge in [-0.2, -0.15) is 10.2 Å². The molecule has 0 spiro atoms. The number of imide groups is 1. The minimum atomic E-state index is -0.474. The predicted molar refractivity (Wildman–Crippen MR) is 102 cm³/mol. The first-order chi connectivity index (χ1) is 13.0. The number of rotatable bonds is 2. The lowest BCUT2D eigenvalue weighted by Crippen LogP contribution is -2.22. The summed E-state index contributed by atoms with van der Waals surface area (Å²) in [6.45, 7) is 0. The van der Waals surface area contributed by atoms with Crippen LogP contribution < -0.4 is 5.32 Å². The van der Waals surface area contributed by atoms with Crippen LogP contribution in [0.1, 0.15) is 11.3 Å². The van der Waals surface area contributed by atoms with Crippen LogP contribution in [0.4, 0.5) is 0 Å². The van der Waals surface area contributed by atoms with Crippen LogP contribution in [-0.2, 0) is 16.6 Å². The van der Waals surface area contributed by atoms with Crippen LogP contribution in [-0.4, -0.2) is 36.8 Å². The van der Waals surface area contributed by atoms with Crippen molar-refractivity contribution < 1.29 is 9.59 Å². The fourth-order valence-corrected chi connectivity index (χ4v) is 3.79. The second kappa shape index (κ2) is 5.58. The molecule has 1 aliphatic rings. The molecule has 3 aromatic heterocycles. The van der Waals surface area contributed by atoms with Crippen molar-refractivity contribution in [1.82, 2.24) is 30.3 Å². The number of amides is 2. The maximum Gasteiger partial charge on any atom is 0.261 e. The van der Waals surface area contributed by atoms with Crippen LogP contribution in [0.3, 0.4) is 0 Å². The SMILES string of the molecule is Cn1nc(C2=C(c3c[nH]c4cc(Br)ccc34)C(=O)NC2=O)c2ccnnc21. The second-order valence-corrected chi connectivity index (χ2v) is 7.08. The highest BCUT2D eigenvalue weighted by Gasteiger charge is 2.36. The molecule has 0 bridgehead atoms. The minimum Gasteiger partial charge on any atom is -0.361 e. The summed E-state index contributed by atoms with van der Waals surface area (Å²) in [5.41, 5.74) is 2.99. The number of hydrogen-bond acceptors (Lipinski definition) is 5. The Labute approximate surface area is 160 Å². The summed E-state index contributed by atoms with van der Waals surface area (Å²) in [4.78, 5) is 28.4. The van der Waals surface area contributed by atoms with E-state index in [4.69, 9.17) is 0 Å². The zero-order valence-corrected chi connectivity index (χ0v) is 15.5. The maximum absolute atomic E-state index is 12.6. The molecule has 0 atom stereocenters. The van der Waals surface area contributed by atoms with Gasteiger partial charge in [-0.15, -0.1) is 5.10 Å². The molecule has 1 aromatic carbocycles. The van der Waals surface area contributed by atoms with Gasteiger partial charge in [-0.25, -0.2) is 4.68 Å². The molecule has 2 amide bonds. The van der Waals surface area contributed by atoms with Crippen LogP contribution in [0.15, 0.2) is 41.1 Å². The first-order valence-corrected chi connectivity index (χ1v) is 8.85. The lowest BCUT2D eigenvalue weighted by molar-refractivity contribution is -0.122. The molecule has 0 radical (unpaired) electrons. The number of benzene rings is 1.